The van der Waals surface area contributed by atoms with Gasteiger partial charge in [-0.1, -0.05) is 20.8 Å². The molecule has 0 aliphatic carbocycles. The molecule has 16 heavy (non-hydrogen) atoms. The molecular formula is C13H28N2O. The van der Waals surface area contributed by atoms with Crippen LogP contribution < -0.4 is 5.32 Å². The molecule has 0 radical (unpaired) electrons. The first kappa shape index (κ1) is 13.9. The van der Waals surface area contributed by atoms with Crippen LogP contribution >= 0.6 is 0 Å². The van der Waals surface area contributed by atoms with E-state index in [9.17, 15) is 0 Å². The topological polar surface area (TPSA) is 24.5 Å². The van der Waals surface area contributed by atoms with Gasteiger partial charge in [0.15, 0.2) is 0 Å². The fourth-order valence-electron chi connectivity index (χ4n) is 2.86. The van der Waals surface area contributed by atoms with Crippen molar-refractivity contribution < 1.29 is 4.74 Å². The summed E-state index contributed by atoms with van der Waals surface area (Å²) in [6.07, 6.45) is 0. The van der Waals surface area contributed by atoms with Crippen LogP contribution in [0.1, 0.15) is 34.6 Å². The molecule has 1 atom stereocenters. The molecule has 1 saturated heterocycles. The number of nitrogens with one attached hydrogen (secondary N) is 1. The Morgan fingerprint density at radius 2 is 1.81 bits per heavy atom. The summed E-state index contributed by atoms with van der Waals surface area (Å²) >= 11 is 0. The molecule has 1 N–H and O–H groups in total. The predicted octanol–water partition coefficient (Wildman–Crippen LogP) is 1.73. The van der Waals surface area contributed by atoms with Crippen LogP contribution in [0.2, 0.25) is 0 Å². The summed E-state index contributed by atoms with van der Waals surface area (Å²) in [5.74, 6) is 0.651. The van der Waals surface area contributed by atoms with E-state index in [2.05, 4.69) is 44.8 Å². The minimum Gasteiger partial charge on any atom is -0.379 e. The van der Waals surface area contributed by atoms with Crippen molar-refractivity contribution in [3.8, 4) is 0 Å². The maximum absolute atomic E-state index is 5.43. The minimum absolute atomic E-state index is 0.202. The Hall–Kier alpha value is -0.120. The van der Waals surface area contributed by atoms with Crippen LogP contribution in [0.5, 0.6) is 0 Å². The zero-order valence-corrected chi connectivity index (χ0v) is 11.5. The fraction of sp³-hybridized carbons (Fsp3) is 1.00. The number of hydrogen-bond donors (Lipinski definition) is 1. The molecule has 1 aliphatic rings. The lowest BCUT2D eigenvalue weighted by atomic mass is 9.84. The standard InChI is InChI=1S/C13H28N2O/c1-6-14-12(11(2)3)13(4,5)15-7-9-16-10-8-15/h11-12,14H,6-10H2,1-5H3. The molecule has 3 heteroatoms. The molecule has 0 aromatic rings. The van der Waals surface area contributed by atoms with E-state index >= 15 is 0 Å². The first-order valence-electron chi connectivity index (χ1n) is 6.56. The quantitative estimate of drug-likeness (QED) is 0.775. The lowest BCUT2D eigenvalue weighted by Crippen LogP contribution is -2.62. The molecule has 0 amide bonds. The second-order valence-electron chi connectivity index (χ2n) is 5.53. The minimum atomic E-state index is 0.202. The first-order chi connectivity index (χ1) is 7.50. The van der Waals surface area contributed by atoms with Gasteiger partial charge < -0.3 is 10.1 Å². The average Bonchev–Trinajstić information content (AvgIpc) is 2.26. The first-order valence-corrected chi connectivity index (χ1v) is 6.56. The van der Waals surface area contributed by atoms with E-state index in [-0.39, 0.29) is 5.54 Å². The molecule has 96 valence electrons. The van der Waals surface area contributed by atoms with Gasteiger partial charge in [0.1, 0.15) is 0 Å². The molecule has 3 nitrogen and oxygen atoms in total. The highest BCUT2D eigenvalue weighted by atomic mass is 16.5. The molecule has 1 aliphatic heterocycles. The molecule has 0 spiro atoms. The second-order valence-corrected chi connectivity index (χ2v) is 5.53. The van der Waals surface area contributed by atoms with E-state index in [1.807, 2.05) is 0 Å². The summed E-state index contributed by atoms with van der Waals surface area (Å²) in [5, 5.41) is 3.64. The normalized spacial score (nSPS) is 21.4. The summed E-state index contributed by atoms with van der Waals surface area (Å²) in [4.78, 5) is 2.56. The number of morpholine rings is 1. The Bertz CT molecular complexity index is 198. The van der Waals surface area contributed by atoms with Crippen LogP contribution in [0.4, 0.5) is 0 Å². The van der Waals surface area contributed by atoms with Gasteiger partial charge in [0.2, 0.25) is 0 Å². The van der Waals surface area contributed by atoms with E-state index in [4.69, 9.17) is 4.74 Å². The van der Waals surface area contributed by atoms with Gasteiger partial charge in [-0.05, 0) is 26.3 Å². The zero-order valence-electron chi connectivity index (χ0n) is 11.5. The van der Waals surface area contributed by atoms with Crippen LogP contribution in [0, 0.1) is 5.92 Å². The predicted molar refractivity (Wildman–Crippen MR) is 68.8 cm³/mol. The van der Waals surface area contributed by atoms with Crippen LogP contribution in [0.25, 0.3) is 0 Å². The van der Waals surface area contributed by atoms with Gasteiger partial charge in [0.25, 0.3) is 0 Å². The average molecular weight is 228 g/mol. The summed E-state index contributed by atoms with van der Waals surface area (Å²) in [6.45, 7) is 16.4. The number of likely N-dealkylation sites (N-methyl/N-ethyl adjacent to an activating group) is 1. The van der Waals surface area contributed by atoms with Crippen molar-refractivity contribution in [2.24, 2.45) is 5.92 Å². The number of rotatable bonds is 5. The van der Waals surface area contributed by atoms with Crippen LogP contribution in [-0.4, -0.2) is 49.3 Å². The van der Waals surface area contributed by atoms with E-state index in [0.29, 0.717) is 12.0 Å². The zero-order chi connectivity index (χ0) is 12.2. The summed E-state index contributed by atoms with van der Waals surface area (Å²) < 4.78 is 5.43. The van der Waals surface area contributed by atoms with Gasteiger partial charge in [-0.15, -0.1) is 0 Å². The van der Waals surface area contributed by atoms with Crippen molar-refractivity contribution in [1.82, 2.24) is 10.2 Å². The van der Waals surface area contributed by atoms with E-state index in [0.717, 1.165) is 32.8 Å². The smallest absolute Gasteiger partial charge is 0.0594 e. The van der Waals surface area contributed by atoms with E-state index in [1.54, 1.807) is 0 Å². The summed E-state index contributed by atoms with van der Waals surface area (Å²) in [7, 11) is 0. The third-order valence-electron chi connectivity index (χ3n) is 3.68. The third-order valence-corrected chi connectivity index (χ3v) is 3.68. The Labute approximate surface area is 101 Å². The molecule has 0 aromatic heterocycles. The molecule has 1 fully saturated rings. The molecule has 1 rings (SSSR count). The maximum atomic E-state index is 5.43. The largest absolute Gasteiger partial charge is 0.379 e. The van der Waals surface area contributed by atoms with Crippen LogP contribution in [0.3, 0.4) is 0 Å². The van der Waals surface area contributed by atoms with E-state index in [1.165, 1.54) is 0 Å². The van der Waals surface area contributed by atoms with Crippen molar-refractivity contribution >= 4 is 0 Å². The monoisotopic (exact) mass is 228 g/mol. The van der Waals surface area contributed by atoms with Gasteiger partial charge in [-0.25, -0.2) is 0 Å². The van der Waals surface area contributed by atoms with Crippen molar-refractivity contribution in [1.29, 1.82) is 0 Å². The lowest BCUT2D eigenvalue weighted by molar-refractivity contribution is -0.0292. The van der Waals surface area contributed by atoms with Crippen LogP contribution in [-0.2, 0) is 4.74 Å². The lowest BCUT2D eigenvalue weighted by Gasteiger charge is -2.47. The van der Waals surface area contributed by atoms with Gasteiger partial charge in [0.05, 0.1) is 13.2 Å². The number of nitrogens with zero attached hydrogens (tertiary/aromatic N) is 1. The Kier molecular flexibility index (Phi) is 5.22. The summed E-state index contributed by atoms with van der Waals surface area (Å²) in [6, 6.07) is 0.538. The van der Waals surface area contributed by atoms with Gasteiger partial charge in [-0.2, -0.15) is 0 Å². The van der Waals surface area contributed by atoms with Gasteiger partial charge in [0, 0.05) is 24.7 Å². The Balaban J connectivity index is 2.70. The SMILES string of the molecule is CCNC(C(C)C)C(C)(C)N1CCOCC1. The summed E-state index contributed by atoms with van der Waals surface area (Å²) in [5.41, 5.74) is 0.202. The second kappa shape index (κ2) is 5.99. The Morgan fingerprint density at radius 3 is 2.25 bits per heavy atom. The molecule has 1 unspecified atom stereocenters. The molecule has 0 aromatic carbocycles. The van der Waals surface area contributed by atoms with Crippen LogP contribution in [0.15, 0.2) is 0 Å². The number of ether oxygens (including phenoxy) is 1. The Morgan fingerprint density at radius 1 is 1.25 bits per heavy atom. The molecule has 0 saturated carbocycles. The maximum Gasteiger partial charge on any atom is 0.0594 e. The fourth-order valence-corrected chi connectivity index (χ4v) is 2.86. The van der Waals surface area contributed by atoms with Crippen molar-refractivity contribution in [2.75, 3.05) is 32.8 Å². The number of hydrogen-bond acceptors (Lipinski definition) is 3. The highest BCUT2D eigenvalue weighted by molar-refractivity contribution is 4.95. The van der Waals surface area contributed by atoms with E-state index < -0.39 is 0 Å². The van der Waals surface area contributed by atoms with Crippen molar-refractivity contribution in [3.05, 3.63) is 0 Å². The molecule has 1 heterocycles. The highest BCUT2D eigenvalue weighted by Crippen LogP contribution is 2.25. The van der Waals surface area contributed by atoms with Gasteiger partial charge >= 0.3 is 0 Å². The highest BCUT2D eigenvalue weighted by Gasteiger charge is 2.37. The van der Waals surface area contributed by atoms with Crippen molar-refractivity contribution in [3.63, 3.8) is 0 Å². The molecule has 0 bridgehead atoms. The third kappa shape index (κ3) is 3.19. The molecular weight excluding hydrogens is 200 g/mol. The van der Waals surface area contributed by atoms with Crippen molar-refractivity contribution in [2.45, 2.75) is 46.2 Å². The van der Waals surface area contributed by atoms with Gasteiger partial charge in [-0.3, -0.25) is 4.90 Å².